The molecule has 15 heteroatoms. The maximum atomic E-state index is 12.2. The molecule has 0 aliphatic rings. The average Bonchev–Trinajstić information content (AvgIpc) is 2.65. The number of amides is 3. The third-order valence-corrected chi connectivity index (χ3v) is 3.55. The summed E-state index contributed by atoms with van der Waals surface area (Å²) in [6.07, 6.45) is -0.317. The zero-order chi connectivity index (χ0) is 23.3. The van der Waals surface area contributed by atoms with Crippen molar-refractivity contribution in [1.29, 1.82) is 0 Å². The molecule has 3 amide bonds. The highest BCUT2D eigenvalue weighted by Gasteiger charge is 2.29. The third kappa shape index (κ3) is 11.4. The lowest BCUT2D eigenvalue weighted by atomic mass is 10.1. The maximum Gasteiger partial charge on any atom is 0.322 e. The Bertz CT molecular complexity index is 665. The first-order chi connectivity index (χ1) is 14.0. The second kappa shape index (κ2) is 13.7. The standard InChI is InChI=1S/C15H27N7O8/c16-7(2-1-3-19-15(17)18)12(28)22-9(6-23)14(30)21-8(4-10(24)25)13(29)20-5-11(26)27/h7-9,23H,1-6,16H2,(H,20,29)(H,21,30)(H,22,28)(H,24,25)(H,26,27)(H4,17,18,19). The number of carboxylic acid groups (broad SMARTS) is 2. The number of carbonyl (C=O) groups excluding carboxylic acids is 3. The van der Waals surface area contributed by atoms with E-state index in [2.05, 4.69) is 10.3 Å². The molecule has 0 radical (unpaired) electrons. The Morgan fingerprint density at radius 1 is 0.900 bits per heavy atom. The van der Waals surface area contributed by atoms with Crippen LogP contribution in [0.1, 0.15) is 19.3 Å². The number of aliphatic carboxylic acids is 2. The second-order valence-corrected chi connectivity index (χ2v) is 6.07. The first kappa shape index (κ1) is 26.5. The van der Waals surface area contributed by atoms with Crippen molar-refractivity contribution in [3.8, 4) is 0 Å². The molecule has 15 nitrogen and oxygen atoms in total. The largest absolute Gasteiger partial charge is 0.481 e. The fourth-order valence-electron chi connectivity index (χ4n) is 2.07. The Morgan fingerprint density at radius 3 is 2.00 bits per heavy atom. The smallest absolute Gasteiger partial charge is 0.322 e. The number of guanidine groups is 1. The number of carboxylic acids is 2. The molecule has 30 heavy (non-hydrogen) atoms. The molecule has 0 heterocycles. The average molecular weight is 433 g/mol. The fraction of sp³-hybridized carbons (Fsp3) is 0.600. The first-order valence-corrected chi connectivity index (χ1v) is 8.71. The van der Waals surface area contributed by atoms with Gasteiger partial charge in [-0.15, -0.1) is 0 Å². The minimum absolute atomic E-state index is 0.117. The lowest BCUT2D eigenvalue weighted by Crippen LogP contribution is -2.57. The van der Waals surface area contributed by atoms with E-state index in [4.69, 9.17) is 27.4 Å². The minimum Gasteiger partial charge on any atom is -0.481 e. The van der Waals surface area contributed by atoms with E-state index < -0.39 is 67.4 Å². The van der Waals surface area contributed by atoms with Gasteiger partial charge in [0.2, 0.25) is 17.7 Å². The number of nitrogens with zero attached hydrogens (tertiary/aromatic N) is 1. The van der Waals surface area contributed by atoms with Gasteiger partial charge in [-0.2, -0.15) is 0 Å². The van der Waals surface area contributed by atoms with Gasteiger partial charge in [0.05, 0.1) is 19.1 Å². The lowest BCUT2D eigenvalue weighted by Gasteiger charge is -2.22. The van der Waals surface area contributed by atoms with Crippen LogP contribution in [0, 0.1) is 0 Å². The topological polar surface area (TPSA) is 273 Å². The molecule has 0 aromatic rings. The molecule has 0 aromatic carbocycles. The molecule has 0 aliphatic carbocycles. The van der Waals surface area contributed by atoms with Crippen molar-refractivity contribution in [2.75, 3.05) is 19.7 Å². The van der Waals surface area contributed by atoms with Crippen molar-refractivity contribution in [1.82, 2.24) is 16.0 Å². The van der Waals surface area contributed by atoms with Gasteiger partial charge in [-0.3, -0.25) is 29.0 Å². The van der Waals surface area contributed by atoms with Gasteiger partial charge in [0, 0.05) is 6.54 Å². The van der Waals surface area contributed by atoms with Crippen molar-refractivity contribution >= 4 is 35.6 Å². The van der Waals surface area contributed by atoms with Gasteiger partial charge in [-0.1, -0.05) is 0 Å². The Hall–Kier alpha value is -3.46. The van der Waals surface area contributed by atoms with Crippen molar-refractivity contribution in [2.45, 2.75) is 37.4 Å². The second-order valence-electron chi connectivity index (χ2n) is 6.07. The highest BCUT2D eigenvalue weighted by Crippen LogP contribution is 1.99. The van der Waals surface area contributed by atoms with Gasteiger partial charge in [-0.25, -0.2) is 0 Å². The molecule has 0 rings (SSSR count). The van der Waals surface area contributed by atoms with Crippen LogP contribution in [0.4, 0.5) is 0 Å². The Labute approximate surface area is 171 Å². The summed E-state index contributed by atoms with van der Waals surface area (Å²) in [5, 5.41) is 32.9. The summed E-state index contributed by atoms with van der Waals surface area (Å²) in [6.45, 7) is -1.43. The van der Waals surface area contributed by atoms with Crippen molar-refractivity contribution < 1.29 is 39.3 Å². The minimum atomic E-state index is -1.63. The summed E-state index contributed by atoms with van der Waals surface area (Å²) in [5.74, 6) is -5.84. The number of nitrogens with one attached hydrogen (secondary N) is 3. The monoisotopic (exact) mass is 433 g/mol. The van der Waals surface area contributed by atoms with Gasteiger partial charge in [0.1, 0.15) is 18.6 Å². The molecule has 3 unspecified atom stereocenters. The molecule has 0 fully saturated rings. The van der Waals surface area contributed by atoms with Crippen molar-refractivity contribution in [2.24, 2.45) is 22.2 Å². The number of hydrogen-bond acceptors (Lipinski definition) is 8. The number of hydrogen-bond donors (Lipinski definition) is 9. The van der Waals surface area contributed by atoms with Crippen LogP contribution in [-0.4, -0.2) is 88.8 Å². The van der Waals surface area contributed by atoms with E-state index in [-0.39, 0.29) is 18.9 Å². The zero-order valence-electron chi connectivity index (χ0n) is 16.0. The molecule has 0 saturated heterocycles. The maximum absolute atomic E-state index is 12.2. The fourth-order valence-corrected chi connectivity index (χ4v) is 2.07. The summed E-state index contributed by atoms with van der Waals surface area (Å²) < 4.78 is 0. The van der Waals surface area contributed by atoms with Crippen LogP contribution in [0.5, 0.6) is 0 Å². The summed E-state index contributed by atoms with van der Waals surface area (Å²) in [7, 11) is 0. The Kier molecular flexibility index (Phi) is 12.1. The predicted octanol–water partition coefficient (Wildman–Crippen LogP) is -5.00. The normalized spacial score (nSPS) is 13.3. The van der Waals surface area contributed by atoms with E-state index in [0.29, 0.717) is 6.42 Å². The summed E-state index contributed by atoms with van der Waals surface area (Å²) in [5.41, 5.74) is 16.0. The van der Waals surface area contributed by atoms with Gasteiger partial charge >= 0.3 is 11.9 Å². The van der Waals surface area contributed by atoms with E-state index in [1.165, 1.54) is 0 Å². The zero-order valence-corrected chi connectivity index (χ0v) is 16.0. The molecule has 0 aliphatic heterocycles. The predicted molar refractivity (Wildman–Crippen MR) is 102 cm³/mol. The van der Waals surface area contributed by atoms with Crippen LogP contribution in [-0.2, 0) is 24.0 Å². The van der Waals surface area contributed by atoms with E-state index in [1.807, 2.05) is 10.6 Å². The van der Waals surface area contributed by atoms with E-state index in [1.54, 1.807) is 0 Å². The van der Waals surface area contributed by atoms with Crippen LogP contribution >= 0.6 is 0 Å². The Morgan fingerprint density at radius 2 is 1.50 bits per heavy atom. The van der Waals surface area contributed by atoms with Crippen LogP contribution in [0.25, 0.3) is 0 Å². The Balaban J connectivity index is 4.87. The SMILES string of the molecule is NC(N)=NCCCC(N)C(=O)NC(CO)C(=O)NC(CC(=O)O)C(=O)NCC(=O)O. The van der Waals surface area contributed by atoms with Crippen LogP contribution < -0.4 is 33.2 Å². The summed E-state index contributed by atoms with van der Waals surface area (Å²) in [6, 6.07) is -4.20. The first-order valence-electron chi connectivity index (χ1n) is 8.71. The lowest BCUT2D eigenvalue weighted by molar-refractivity contribution is -0.141. The summed E-state index contributed by atoms with van der Waals surface area (Å²) in [4.78, 5) is 61.3. The molecule has 0 aromatic heterocycles. The van der Waals surface area contributed by atoms with Gasteiger partial charge < -0.3 is 48.5 Å². The van der Waals surface area contributed by atoms with Crippen molar-refractivity contribution in [3.05, 3.63) is 0 Å². The molecule has 0 saturated carbocycles. The molecule has 170 valence electrons. The van der Waals surface area contributed by atoms with E-state index >= 15 is 0 Å². The van der Waals surface area contributed by atoms with Crippen LogP contribution in [0.2, 0.25) is 0 Å². The molecule has 3 atom stereocenters. The van der Waals surface area contributed by atoms with Crippen molar-refractivity contribution in [3.63, 3.8) is 0 Å². The molecule has 0 spiro atoms. The molecule has 12 N–H and O–H groups in total. The molecule has 0 bridgehead atoms. The highest BCUT2D eigenvalue weighted by molar-refractivity contribution is 5.95. The number of aliphatic hydroxyl groups is 1. The number of nitrogens with two attached hydrogens (primary N) is 3. The van der Waals surface area contributed by atoms with E-state index in [9.17, 15) is 29.1 Å². The quantitative estimate of drug-likeness (QED) is 0.0710. The van der Waals surface area contributed by atoms with Gasteiger partial charge in [0.15, 0.2) is 5.96 Å². The number of rotatable bonds is 14. The number of aliphatic imine (C=N–C) groups is 1. The molecular weight excluding hydrogens is 406 g/mol. The number of aliphatic hydroxyl groups excluding tert-OH is 1. The number of carbonyl (C=O) groups is 5. The van der Waals surface area contributed by atoms with Gasteiger partial charge in [-0.05, 0) is 12.8 Å². The third-order valence-electron chi connectivity index (χ3n) is 3.55. The van der Waals surface area contributed by atoms with E-state index in [0.717, 1.165) is 0 Å². The van der Waals surface area contributed by atoms with Crippen LogP contribution in [0.3, 0.4) is 0 Å². The molecular formula is C15H27N7O8. The summed E-state index contributed by atoms with van der Waals surface area (Å²) >= 11 is 0. The van der Waals surface area contributed by atoms with Crippen LogP contribution in [0.15, 0.2) is 4.99 Å². The highest BCUT2D eigenvalue weighted by atomic mass is 16.4. The van der Waals surface area contributed by atoms with Gasteiger partial charge in [0.25, 0.3) is 0 Å².